The molecule has 0 radical (unpaired) electrons. The molecule has 0 aliphatic carbocycles. The number of aryl methyl sites for hydroxylation is 2. The van der Waals surface area contributed by atoms with E-state index < -0.39 is 0 Å². The number of carbonyl (C=O) groups excluding carboxylic acids is 1. The Morgan fingerprint density at radius 2 is 2.00 bits per heavy atom. The van der Waals surface area contributed by atoms with E-state index in [0.717, 1.165) is 28.8 Å². The summed E-state index contributed by atoms with van der Waals surface area (Å²) in [5, 5.41) is 13.1. The summed E-state index contributed by atoms with van der Waals surface area (Å²) >= 11 is 13.6. The molecule has 3 rings (SSSR count). The van der Waals surface area contributed by atoms with Crippen molar-refractivity contribution in [2.45, 2.75) is 25.4 Å². The normalized spacial score (nSPS) is 10.9. The van der Waals surface area contributed by atoms with E-state index in [1.165, 1.54) is 11.8 Å². The van der Waals surface area contributed by atoms with Gasteiger partial charge < -0.3 is 9.88 Å². The number of amides is 1. The third kappa shape index (κ3) is 4.51. The second-order valence-electron chi connectivity index (χ2n) is 6.29. The van der Waals surface area contributed by atoms with Crippen LogP contribution in [-0.4, -0.2) is 26.4 Å². The van der Waals surface area contributed by atoms with E-state index in [-0.39, 0.29) is 11.7 Å². The monoisotopic (exact) mass is 434 g/mol. The number of thioether (sulfide) groups is 1. The van der Waals surface area contributed by atoms with Crippen LogP contribution in [0.4, 0.5) is 5.69 Å². The summed E-state index contributed by atoms with van der Waals surface area (Å²) in [6.45, 7) is 4.06. The number of nitrogens with zero attached hydrogens (tertiary/aromatic N) is 3. The molecule has 0 saturated carbocycles. The lowest BCUT2D eigenvalue weighted by atomic mass is 10.1. The number of aromatic nitrogens is 3. The largest absolute Gasteiger partial charge is 0.325 e. The van der Waals surface area contributed by atoms with E-state index in [1.54, 1.807) is 18.2 Å². The maximum Gasteiger partial charge on any atom is 0.234 e. The number of para-hydroxylation sites is 1. The number of halogens is 2. The summed E-state index contributed by atoms with van der Waals surface area (Å²) in [5.74, 6) is 0.775. The lowest BCUT2D eigenvalue weighted by Gasteiger charge is -2.12. The Balaban J connectivity index is 1.70. The van der Waals surface area contributed by atoms with E-state index >= 15 is 0 Å². The number of rotatable bonds is 6. The molecule has 0 spiro atoms. The number of anilines is 1. The smallest absolute Gasteiger partial charge is 0.234 e. The van der Waals surface area contributed by atoms with Gasteiger partial charge in [-0.25, -0.2) is 0 Å². The maximum atomic E-state index is 12.5. The average Bonchev–Trinajstić information content (AvgIpc) is 3.02. The van der Waals surface area contributed by atoms with Gasteiger partial charge in [-0.3, -0.25) is 4.79 Å². The second kappa shape index (κ2) is 8.99. The Labute approximate surface area is 178 Å². The number of hydrogen-bond donors (Lipinski definition) is 1. The molecule has 1 N–H and O–H groups in total. The highest BCUT2D eigenvalue weighted by Crippen LogP contribution is 2.30. The van der Waals surface area contributed by atoms with Crippen molar-refractivity contribution in [2.75, 3.05) is 11.1 Å². The molecule has 0 bridgehead atoms. The number of benzene rings is 2. The van der Waals surface area contributed by atoms with Crippen LogP contribution in [0.5, 0.6) is 0 Å². The minimum atomic E-state index is -0.0805. The summed E-state index contributed by atoms with van der Waals surface area (Å²) in [5.41, 5.74) is 3.81. The Bertz CT molecular complexity index is 1020. The van der Waals surface area contributed by atoms with Crippen molar-refractivity contribution in [2.24, 2.45) is 7.05 Å². The van der Waals surface area contributed by atoms with Crippen LogP contribution in [0.25, 0.3) is 11.4 Å². The van der Waals surface area contributed by atoms with E-state index in [9.17, 15) is 4.79 Å². The molecule has 0 aliphatic heterocycles. The van der Waals surface area contributed by atoms with Gasteiger partial charge in [0.15, 0.2) is 11.0 Å². The van der Waals surface area contributed by atoms with E-state index in [2.05, 4.69) is 22.4 Å². The Morgan fingerprint density at radius 1 is 1.21 bits per heavy atom. The van der Waals surface area contributed by atoms with Gasteiger partial charge in [-0.1, -0.05) is 60.1 Å². The van der Waals surface area contributed by atoms with Crippen molar-refractivity contribution >= 4 is 46.6 Å². The topological polar surface area (TPSA) is 59.8 Å². The Kier molecular flexibility index (Phi) is 6.65. The minimum absolute atomic E-state index is 0.0805. The van der Waals surface area contributed by atoms with Gasteiger partial charge in [0.05, 0.1) is 10.8 Å². The maximum absolute atomic E-state index is 12.5. The van der Waals surface area contributed by atoms with Crippen LogP contribution in [0.3, 0.4) is 0 Å². The molecule has 5 nitrogen and oxygen atoms in total. The van der Waals surface area contributed by atoms with Crippen molar-refractivity contribution in [3.63, 3.8) is 0 Å². The lowest BCUT2D eigenvalue weighted by Crippen LogP contribution is -2.16. The van der Waals surface area contributed by atoms with Crippen LogP contribution >= 0.6 is 35.0 Å². The van der Waals surface area contributed by atoms with Crippen molar-refractivity contribution < 1.29 is 4.79 Å². The van der Waals surface area contributed by atoms with E-state index in [4.69, 9.17) is 23.2 Å². The molecule has 1 aromatic heterocycles. The van der Waals surface area contributed by atoms with Crippen LogP contribution in [0, 0.1) is 6.92 Å². The van der Waals surface area contributed by atoms with Crippen LogP contribution in [0.1, 0.15) is 18.1 Å². The number of hydrogen-bond acceptors (Lipinski definition) is 4. The van der Waals surface area contributed by atoms with Crippen molar-refractivity contribution in [1.82, 2.24) is 14.8 Å². The molecule has 0 atom stereocenters. The quantitative estimate of drug-likeness (QED) is 0.528. The molecule has 0 fully saturated rings. The SMILES string of the molecule is CCc1cccc(C)c1NC(=O)CSc1nnc(-c2ccc(Cl)cc2Cl)n1C. The minimum Gasteiger partial charge on any atom is -0.325 e. The van der Waals surface area contributed by atoms with Gasteiger partial charge in [-0.2, -0.15) is 0 Å². The molecule has 1 amide bonds. The molecular weight excluding hydrogens is 415 g/mol. The third-order valence-corrected chi connectivity index (χ3v) is 5.91. The number of nitrogens with one attached hydrogen (secondary N) is 1. The van der Waals surface area contributed by atoms with Gasteiger partial charge in [-0.05, 0) is 42.7 Å². The highest BCUT2D eigenvalue weighted by Gasteiger charge is 2.16. The zero-order valence-electron chi connectivity index (χ0n) is 15.8. The summed E-state index contributed by atoms with van der Waals surface area (Å²) in [6.07, 6.45) is 0.860. The van der Waals surface area contributed by atoms with Gasteiger partial charge in [0.2, 0.25) is 5.91 Å². The molecule has 146 valence electrons. The van der Waals surface area contributed by atoms with Crippen LogP contribution in [0.2, 0.25) is 10.0 Å². The highest BCUT2D eigenvalue weighted by atomic mass is 35.5. The average molecular weight is 435 g/mol. The van der Waals surface area contributed by atoms with E-state index in [0.29, 0.717) is 21.0 Å². The standard InChI is InChI=1S/C20H20Cl2N4OS/c1-4-13-7-5-6-12(2)18(13)23-17(27)11-28-20-25-24-19(26(20)3)15-9-8-14(21)10-16(15)22/h5-10H,4,11H2,1-3H3,(H,23,27). The summed E-state index contributed by atoms with van der Waals surface area (Å²) in [7, 11) is 1.84. The Morgan fingerprint density at radius 3 is 2.71 bits per heavy atom. The molecule has 0 saturated heterocycles. The van der Waals surface area contributed by atoms with Crippen molar-refractivity contribution in [1.29, 1.82) is 0 Å². The van der Waals surface area contributed by atoms with Gasteiger partial charge >= 0.3 is 0 Å². The fraction of sp³-hybridized carbons (Fsp3) is 0.250. The second-order valence-corrected chi connectivity index (χ2v) is 8.07. The Hall–Kier alpha value is -2.02. The molecular formula is C20H20Cl2N4OS. The zero-order chi connectivity index (χ0) is 20.3. The molecule has 1 heterocycles. The first-order valence-corrected chi connectivity index (χ1v) is 10.5. The zero-order valence-corrected chi connectivity index (χ0v) is 18.1. The van der Waals surface area contributed by atoms with Gasteiger partial charge in [0, 0.05) is 23.3 Å². The molecule has 0 aliphatic rings. The molecule has 8 heteroatoms. The fourth-order valence-electron chi connectivity index (χ4n) is 2.85. The lowest BCUT2D eigenvalue weighted by molar-refractivity contribution is -0.113. The van der Waals surface area contributed by atoms with Crippen LogP contribution < -0.4 is 5.32 Å². The first-order valence-electron chi connectivity index (χ1n) is 8.76. The molecule has 2 aromatic carbocycles. The number of carbonyl (C=O) groups is 1. The van der Waals surface area contributed by atoms with E-state index in [1.807, 2.05) is 36.7 Å². The predicted molar refractivity (Wildman–Crippen MR) is 116 cm³/mol. The van der Waals surface area contributed by atoms with Gasteiger partial charge in [0.25, 0.3) is 0 Å². The van der Waals surface area contributed by atoms with Crippen LogP contribution in [-0.2, 0) is 18.3 Å². The first-order chi connectivity index (χ1) is 13.4. The summed E-state index contributed by atoms with van der Waals surface area (Å²) in [6, 6.07) is 11.3. The fourth-order valence-corrected chi connectivity index (χ4v) is 4.06. The molecule has 0 unspecified atom stereocenters. The first kappa shape index (κ1) is 20.7. The van der Waals surface area contributed by atoms with Crippen molar-refractivity contribution in [3.05, 3.63) is 57.6 Å². The van der Waals surface area contributed by atoms with Gasteiger partial charge in [0.1, 0.15) is 0 Å². The predicted octanol–water partition coefficient (Wildman–Crippen LogP) is 5.39. The molecule has 3 aromatic rings. The van der Waals surface area contributed by atoms with Gasteiger partial charge in [-0.15, -0.1) is 10.2 Å². The highest BCUT2D eigenvalue weighted by molar-refractivity contribution is 7.99. The molecule has 28 heavy (non-hydrogen) atoms. The van der Waals surface area contributed by atoms with Crippen LogP contribution in [0.15, 0.2) is 41.6 Å². The third-order valence-electron chi connectivity index (χ3n) is 4.34. The van der Waals surface area contributed by atoms with Crippen molar-refractivity contribution in [3.8, 4) is 11.4 Å². The summed E-state index contributed by atoms with van der Waals surface area (Å²) in [4.78, 5) is 12.5. The summed E-state index contributed by atoms with van der Waals surface area (Å²) < 4.78 is 1.82.